The molecule has 0 saturated carbocycles. The van der Waals surface area contributed by atoms with E-state index in [1.54, 1.807) is 0 Å². The van der Waals surface area contributed by atoms with Gasteiger partial charge in [0.2, 0.25) is 11.6 Å². The van der Waals surface area contributed by atoms with Gasteiger partial charge >= 0.3 is 0 Å². The Kier molecular flexibility index (Phi) is 4.48. The summed E-state index contributed by atoms with van der Waals surface area (Å²) in [5.41, 5.74) is -1.53. The molecule has 9 nitrogen and oxygen atoms in total. The molecule has 0 bridgehead atoms. The van der Waals surface area contributed by atoms with Crippen molar-refractivity contribution in [2.45, 2.75) is 6.92 Å². The maximum atomic E-state index is 11.5. The van der Waals surface area contributed by atoms with Gasteiger partial charge in [-0.1, -0.05) is 0 Å². The Balaban J connectivity index is 3.54. The van der Waals surface area contributed by atoms with Crippen molar-refractivity contribution < 1.29 is 19.7 Å². The number of para-hydroxylation sites is 1. The minimum atomic E-state index is -0.810. The average molecular weight is 269 g/mol. The second-order valence-corrected chi connectivity index (χ2v) is 3.55. The SMILES string of the molecule is CC(=O)N(CCO)c1c([N+](=O)[O-])cccc1[N+](=O)[O-]. The minimum absolute atomic E-state index is 0.263. The van der Waals surface area contributed by atoms with E-state index in [2.05, 4.69) is 0 Å². The molecular formula is C10H11N3O6. The number of rotatable bonds is 5. The maximum Gasteiger partial charge on any atom is 0.300 e. The van der Waals surface area contributed by atoms with Gasteiger partial charge in [-0.3, -0.25) is 29.9 Å². The Bertz CT molecular complexity index is 498. The zero-order valence-electron chi connectivity index (χ0n) is 9.98. The number of hydrogen-bond acceptors (Lipinski definition) is 6. The molecule has 1 rings (SSSR count). The molecule has 1 N–H and O–H groups in total. The predicted molar refractivity (Wildman–Crippen MR) is 64.9 cm³/mol. The molecule has 0 aromatic heterocycles. The summed E-state index contributed by atoms with van der Waals surface area (Å²) in [5.74, 6) is -0.633. The van der Waals surface area contributed by atoms with Crippen LogP contribution in [-0.4, -0.2) is 34.0 Å². The quantitative estimate of drug-likeness (QED) is 0.623. The van der Waals surface area contributed by atoms with E-state index in [0.29, 0.717) is 0 Å². The molecule has 0 fully saturated rings. The van der Waals surface area contributed by atoms with Crippen molar-refractivity contribution in [2.24, 2.45) is 0 Å². The first kappa shape index (κ1) is 14.5. The standard InChI is InChI=1S/C10H11N3O6/c1-7(15)11(5-6-14)10-8(12(16)17)3-2-4-9(10)13(18)19/h2-4,14H,5-6H2,1H3. The largest absolute Gasteiger partial charge is 0.395 e. The van der Waals surface area contributed by atoms with E-state index in [1.807, 2.05) is 0 Å². The molecule has 1 aromatic rings. The molecule has 1 aromatic carbocycles. The van der Waals surface area contributed by atoms with Gasteiger partial charge in [0, 0.05) is 25.6 Å². The van der Waals surface area contributed by atoms with Gasteiger partial charge in [0.25, 0.3) is 11.4 Å². The van der Waals surface area contributed by atoms with Gasteiger partial charge in [-0.25, -0.2) is 0 Å². The zero-order valence-corrected chi connectivity index (χ0v) is 9.98. The number of hydrogen-bond donors (Lipinski definition) is 1. The summed E-state index contributed by atoms with van der Waals surface area (Å²) in [5, 5.41) is 30.7. The van der Waals surface area contributed by atoms with E-state index in [9.17, 15) is 25.0 Å². The van der Waals surface area contributed by atoms with Crippen molar-refractivity contribution in [2.75, 3.05) is 18.1 Å². The molecule has 0 radical (unpaired) electrons. The fourth-order valence-electron chi connectivity index (χ4n) is 1.62. The highest BCUT2D eigenvalue weighted by atomic mass is 16.6. The highest BCUT2D eigenvalue weighted by molar-refractivity contribution is 5.97. The van der Waals surface area contributed by atoms with Crippen molar-refractivity contribution in [3.8, 4) is 0 Å². The van der Waals surface area contributed by atoms with Gasteiger partial charge in [-0.05, 0) is 6.07 Å². The monoisotopic (exact) mass is 269 g/mol. The smallest absolute Gasteiger partial charge is 0.300 e. The van der Waals surface area contributed by atoms with Gasteiger partial charge in [0.05, 0.1) is 16.5 Å². The van der Waals surface area contributed by atoms with Crippen molar-refractivity contribution in [1.29, 1.82) is 0 Å². The molecule has 0 saturated heterocycles. The number of benzene rings is 1. The summed E-state index contributed by atoms with van der Waals surface area (Å²) in [6.07, 6.45) is 0. The molecule has 0 unspecified atom stereocenters. The summed E-state index contributed by atoms with van der Waals surface area (Å²) >= 11 is 0. The van der Waals surface area contributed by atoms with Crippen LogP contribution in [0, 0.1) is 20.2 Å². The molecule has 0 heterocycles. The molecular weight excluding hydrogens is 258 g/mol. The fourth-order valence-corrected chi connectivity index (χ4v) is 1.62. The first-order chi connectivity index (χ1) is 8.90. The number of amides is 1. The summed E-state index contributed by atoms with van der Waals surface area (Å²) in [4.78, 5) is 32.5. The Morgan fingerprint density at radius 2 is 1.74 bits per heavy atom. The number of anilines is 1. The molecule has 9 heteroatoms. The molecule has 19 heavy (non-hydrogen) atoms. The second-order valence-electron chi connectivity index (χ2n) is 3.55. The average Bonchev–Trinajstić information content (AvgIpc) is 2.34. The van der Waals surface area contributed by atoms with Crippen LogP contribution in [0.25, 0.3) is 0 Å². The minimum Gasteiger partial charge on any atom is -0.395 e. The maximum absolute atomic E-state index is 11.5. The summed E-state index contributed by atoms with van der Waals surface area (Å²) in [7, 11) is 0. The predicted octanol–water partition coefficient (Wildman–Crippen LogP) is 0.848. The molecule has 102 valence electrons. The number of carbonyl (C=O) groups excluding carboxylic acids is 1. The zero-order chi connectivity index (χ0) is 14.6. The van der Waals surface area contributed by atoms with Gasteiger partial charge in [-0.2, -0.15) is 0 Å². The van der Waals surface area contributed by atoms with Crippen molar-refractivity contribution in [3.63, 3.8) is 0 Å². The first-order valence-electron chi connectivity index (χ1n) is 5.21. The lowest BCUT2D eigenvalue weighted by Gasteiger charge is -2.19. The summed E-state index contributed by atoms with van der Waals surface area (Å²) < 4.78 is 0. The molecule has 0 spiro atoms. The van der Waals surface area contributed by atoms with E-state index in [4.69, 9.17) is 5.11 Å². The lowest BCUT2D eigenvalue weighted by molar-refractivity contribution is -0.392. The van der Waals surface area contributed by atoms with E-state index in [-0.39, 0.29) is 6.54 Å². The van der Waals surface area contributed by atoms with Gasteiger partial charge in [-0.15, -0.1) is 0 Å². The lowest BCUT2D eigenvalue weighted by Crippen LogP contribution is -2.32. The summed E-state index contributed by atoms with van der Waals surface area (Å²) in [6.45, 7) is 0.375. The van der Waals surface area contributed by atoms with Crippen LogP contribution < -0.4 is 4.90 Å². The number of nitrogens with zero attached hydrogens (tertiary/aromatic N) is 3. The van der Waals surface area contributed by atoms with Crippen LogP contribution in [0.3, 0.4) is 0 Å². The highest BCUT2D eigenvalue weighted by Crippen LogP contribution is 2.37. The number of nitro benzene ring substituents is 2. The number of nitro groups is 2. The molecule has 0 atom stereocenters. The normalized spacial score (nSPS) is 10.0. The topological polar surface area (TPSA) is 127 Å². The Labute approximate surface area is 107 Å². The van der Waals surface area contributed by atoms with Crippen LogP contribution in [0.5, 0.6) is 0 Å². The van der Waals surface area contributed by atoms with Crippen LogP contribution in [0.4, 0.5) is 17.1 Å². The highest BCUT2D eigenvalue weighted by Gasteiger charge is 2.31. The van der Waals surface area contributed by atoms with Crippen LogP contribution in [0.1, 0.15) is 6.92 Å². The third-order valence-corrected chi connectivity index (χ3v) is 2.36. The van der Waals surface area contributed by atoms with Crippen molar-refractivity contribution in [1.82, 2.24) is 0 Å². The van der Waals surface area contributed by atoms with Gasteiger partial charge in [0.15, 0.2) is 0 Å². The fraction of sp³-hybridized carbons (Fsp3) is 0.300. The molecule has 0 aliphatic heterocycles. The first-order valence-corrected chi connectivity index (χ1v) is 5.21. The second kappa shape index (κ2) is 5.87. The van der Waals surface area contributed by atoms with Gasteiger partial charge in [0.1, 0.15) is 0 Å². The van der Waals surface area contributed by atoms with E-state index < -0.39 is 39.4 Å². The third-order valence-electron chi connectivity index (χ3n) is 2.36. The number of aliphatic hydroxyl groups excluding tert-OH is 1. The van der Waals surface area contributed by atoms with Crippen LogP contribution in [0.15, 0.2) is 18.2 Å². The third kappa shape index (κ3) is 3.01. The van der Waals surface area contributed by atoms with Crippen molar-refractivity contribution >= 4 is 23.0 Å². The van der Waals surface area contributed by atoms with Crippen LogP contribution >= 0.6 is 0 Å². The molecule has 0 aliphatic carbocycles. The van der Waals surface area contributed by atoms with E-state index >= 15 is 0 Å². The van der Waals surface area contributed by atoms with Crippen LogP contribution in [-0.2, 0) is 4.79 Å². The molecule has 0 aliphatic rings. The van der Waals surface area contributed by atoms with E-state index in [1.165, 1.54) is 0 Å². The number of aliphatic hydroxyl groups is 1. The molecule has 1 amide bonds. The van der Waals surface area contributed by atoms with Gasteiger partial charge < -0.3 is 5.11 Å². The Morgan fingerprint density at radius 3 is 2.05 bits per heavy atom. The summed E-state index contributed by atoms with van der Waals surface area (Å²) in [6, 6.07) is 3.29. The van der Waals surface area contributed by atoms with Crippen LogP contribution in [0.2, 0.25) is 0 Å². The Morgan fingerprint density at radius 1 is 1.26 bits per heavy atom. The number of carbonyl (C=O) groups is 1. The van der Waals surface area contributed by atoms with E-state index in [0.717, 1.165) is 30.0 Å². The lowest BCUT2D eigenvalue weighted by atomic mass is 10.2. The Hall–Kier alpha value is -2.55. The van der Waals surface area contributed by atoms with Crippen molar-refractivity contribution in [3.05, 3.63) is 38.4 Å².